The van der Waals surface area contributed by atoms with Crippen LogP contribution in [0.4, 0.5) is 0 Å². The van der Waals surface area contributed by atoms with Crippen molar-refractivity contribution in [3.8, 4) is 0 Å². The average Bonchev–Trinajstić information content (AvgIpc) is 2.43. The van der Waals surface area contributed by atoms with Crippen molar-refractivity contribution < 1.29 is 9.53 Å². The molecular formula is C15H21BrN2O2. The highest BCUT2D eigenvalue weighted by Crippen LogP contribution is 2.24. The van der Waals surface area contributed by atoms with E-state index in [1.54, 1.807) is 0 Å². The monoisotopic (exact) mass is 340 g/mol. The summed E-state index contributed by atoms with van der Waals surface area (Å²) in [6.45, 7) is 5.07. The fraction of sp³-hybridized carbons (Fsp3) is 0.533. The number of amides is 1. The van der Waals surface area contributed by atoms with Crippen LogP contribution in [-0.4, -0.2) is 36.6 Å². The summed E-state index contributed by atoms with van der Waals surface area (Å²) in [6, 6.07) is 6.36. The second-order valence-electron chi connectivity index (χ2n) is 5.30. The van der Waals surface area contributed by atoms with E-state index in [4.69, 9.17) is 10.5 Å². The fourth-order valence-corrected chi connectivity index (χ4v) is 2.89. The molecule has 0 radical (unpaired) electrons. The number of carbonyl (C=O) groups is 1. The highest BCUT2D eigenvalue weighted by atomic mass is 79.9. The van der Waals surface area contributed by atoms with Gasteiger partial charge in [0, 0.05) is 24.1 Å². The first kappa shape index (κ1) is 15.5. The average molecular weight is 341 g/mol. The normalized spacial score (nSPS) is 17.3. The van der Waals surface area contributed by atoms with Gasteiger partial charge < -0.3 is 10.5 Å². The van der Waals surface area contributed by atoms with Crippen LogP contribution in [0.3, 0.4) is 0 Å². The maximum atomic E-state index is 10.7. The van der Waals surface area contributed by atoms with Crippen LogP contribution in [0, 0.1) is 6.92 Å². The van der Waals surface area contributed by atoms with Crippen LogP contribution in [0.25, 0.3) is 0 Å². The lowest BCUT2D eigenvalue weighted by Gasteiger charge is -2.32. The molecule has 0 saturated carbocycles. The summed E-state index contributed by atoms with van der Waals surface area (Å²) in [6.07, 6.45) is 2.08. The molecule has 0 spiro atoms. The van der Waals surface area contributed by atoms with Crippen LogP contribution >= 0.6 is 15.9 Å². The van der Waals surface area contributed by atoms with Gasteiger partial charge in [-0.15, -0.1) is 0 Å². The molecular weight excluding hydrogens is 320 g/mol. The van der Waals surface area contributed by atoms with Gasteiger partial charge in [-0.05, 0) is 30.9 Å². The molecule has 0 atom stereocenters. The minimum Gasteiger partial charge on any atom is -0.368 e. The van der Waals surface area contributed by atoms with Crippen LogP contribution < -0.4 is 5.73 Å². The molecule has 1 amide bonds. The van der Waals surface area contributed by atoms with Crippen molar-refractivity contribution >= 4 is 21.8 Å². The summed E-state index contributed by atoms with van der Waals surface area (Å²) in [7, 11) is 0. The van der Waals surface area contributed by atoms with E-state index in [0.29, 0.717) is 0 Å². The Hall–Kier alpha value is -0.910. The first-order valence-corrected chi connectivity index (χ1v) is 7.72. The number of hydrogen-bond acceptors (Lipinski definition) is 3. The van der Waals surface area contributed by atoms with Gasteiger partial charge in [-0.3, -0.25) is 9.69 Å². The van der Waals surface area contributed by atoms with Gasteiger partial charge in [0.05, 0.1) is 6.10 Å². The quantitative estimate of drug-likeness (QED) is 0.894. The fourth-order valence-electron chi connectivity index (χ4n) is 2.51. The number of ether oxygens (including phenoxy) is 1. The molecule has 5 heteroatoms. The summed E-state index contributed by atoms with van der Waals surface area (Å²) in [5.74, 6) is -0.392. The van der Waals surface area contributed by atoms with Crippen molar-refractivity contribution in [1.29, 1.82) is 0 Å². The van der Waals surface area contributed by atoms with Crippen LogP contribution in [0.5, 0.6) is 0 Å². The molecule has 110 valence electrons. The third-order valence-corrected chi connectivity index (χ3v) is 4.80. The first-order chi connectivity index (χ1) is 9.56. The number of primary amides is 1. The largest absolute Gasteiger partial charge is 0.368 e. The Labute approximate surface area is 128 Å². The minimum atomic E-state index is -0.392. The zero-order chi connectivity index (χ0) is 14.5. The summed E-state index contributed by atoms with van der Waals surface area (Å²) >= 11 is 3.66. The minimum absolute atomic E-state index is 0.0358. The number of halogens is 1. The van der Waals surface area contributed by atoms with Gasteiger partial charge in [-0.2, -0.15) is 0 Å². The molecule has 1 aliphatic rings. The van der Waals surface area contributed by atoms with Crippen molar-refractivity contribution in [1.82, 2.24) is 4.90 Å². The summed E-state index contributed by atoms with van der Waals surface area (Å²) in [5, 5.41) is 0. The Morgan fingerprint density at radius 1 is 1.45 bits per heavy atom. The molecule has 0 aliphatic carbocycles. The van der Waals surface area contributed by atoms with Crippen LogP contribution in [0.1, 0.15) is 24.0 Å². The molecule has 2 N–H and O–H groups in total. The SMILES string of the molecule is Cc1cccc(CN2CCC(OCC(N)=O)CC2)c1Br. The van der Waals surface area contributed by atoms with Gasteiger partial charge in [0.2, 0.25) is 5.91 Å². The Balaban J connectivity index is 1.82. The molecule has 0 aromatic heterocycles. The maximum absolute atomic E-state index is 10.7. The van der Waals surface area contributed by atoms with E-state index >= 15 is 0 Å². The van der Waals surface area contributed by atoms with Crippen molar-refractivity contribution in [2.45, 2.75) is 32.4 Å². The Bertz CT molecular complexity index is 471. The van der Waals surface area contributed by atoms with Gasteiger partial charge in [-0.1, -0.05) is 34.1 Å². The molecule has 1 aliphatic heterocycles. The number of hydrogen-bond donors (Lipinski definition) is 1. The third kappa shape index (κ3) is 4.30. The lowest BCUT2D eigenvalue weighted by Crippen LogP contribution is -2.37. The first-order valence-electron chi connectivity index (χ1n) is 6.92. The van der Waals surface area contributed by atoms with Crippen LogP contribution in [0.2, 0.25) is 0 Å². The summed E-state index contributed by atoms with van der Waals surface area (Å²) < 4.78 is 6.68. The van der Waals surface area contributed by atoms with Crippen molar-refractivity contribution in [3.63, 3.8) is 0 Å². The topological polar surface area (TPSA) is 55.6 Å². The van der Waals surface area contributed by atoms with E-state index in [0.717, 1.165) is 32.5 Å². The van der Waals surface area contributed by atoms with Gasteiger partial charge >= 0.3 is 0 Å². The number of benzene rings is 1. The Morgan fingerprint density at radius 2 is 2.15 bits per heavy atom. The molecule has 1 aromatic carbocycles. The molecule has 20 heavy (non-hydrogen) atoms. The zero-order valence-electron chi connectivity index (χ0n) is 11.8. The highest BCUT2D eigenvalue weighted by molar-refractivity contribution is 9.10. The number of nitrogens with zero attached hydrogens (tertiary/aromatic N) is 1. The second-order valence-corrected chi connectivity index (χ2v) is 6.09. The predicted molar refractivity (Wildman–Crippen MR) is 82.3 cm³/mol. The Morgan fingerprint density at radius 3 is 2.80 bits per heavy atom. The maximum Gasteiger partial charge on any atom is 0.243 e. The number of aryl methyl sites for hydroxylation is 1. The molecule has 1 heterocycles. The Kier molecular flexibility index (Phi) is 5.57. The van der Waals surface area contributed by atoms with E-state index in [9.17, 15) is 4.79 Å². The smallest absolute Gasteiger partial charge is 0.243 e. The molecule has 2 rings (SSSR count). The van der Waals surface area contributed by atoms with Crippen molar-refractivity contribution in [2.24, 2.45) is 5.73 Å². The lowest BCUT2D eigenvalue weighted by molar-refractivity contribution is -0.125. The van der Waals surface area contributed by atoms with Crippen LogP contribution in [-0.2, 0) is 16.1 Å². The number of nitrogens with two attached hydrogens (primary N) is 1. The van der Waals surface area contributed by atoms with E-state index in [-0.39, 0.29) is 12.7 Å². The number of piperidine rings is 1. The summed E-state index contributed by atoms with van der Waals surface area (Å²) in [4.78, 5) is 13.1. The number of rotatable bonds is 5. The zero-order valence-corrected chi connectivity index (χ0v) is 13.4. The number of likely N-dealkylation sites (tertiary alicyclic amines) is 1. The molecule has 1 saturated heterocycles. The van der Waals surface area contributed by atoms with Gasteiger partial charge in [0.15, 0.2) is 0 Å². The third-order valence-electron chi connectivity index (χ3n) is 3.66. The molecule has 0 unspecified atom stereocenters. The van der Waals surface area contributed by atoms with Crippen LogP contribution in [0.15, 0.2) is 22.7 Å². The van der Waals surface area contributed by atoms with E-state index < -0.39 is 5.91 Å². The summed E-state index contributed by atoms with van der Waals surface area (Å²) in [5.41, 5.74) is 7.68. The molecule has 0 bridgehead atoms. The van der Waals surface area contributed by atoms with Gasteiger partial charge in [0.1, 0.15) is 6.61 Å². The van der Waals surface area contributed by atoms with Gasteiger partial charge in [-0.25, -0.2) is 0 Å². The molecule has 1 aromatic rings. The van der Waals surface area contributed by atoms with E-state index in [1.165, 1.54) is 15.6 Å². The highest BCUT2D eigenvalue weighted by Gasteiger charge is 2.20. The molecule has 1 fully saturated rings. The van der Waals surface area contributed by atoms with E-state index in [2.05, 4.69) is 46.0 Å². The van der Waals surface area contributed by atoms with Crippen molar-refractivity contribution in [3.05, 3.63) is 33.8 Å². The van der Waals surface area contributed by atoms with Crippen molar-refractivity contribution in [2.75, 3.05) is 19.7 Å². The predicted octanol–water partition coefficient (Wildman–Crippen LogP) is 2.22. The second kappa shape index (κ2) is 7.20. The standard InChI is InChI=1S/C15H21BrN2O2/c1-11-3-2-4-12(15(11)16)9-18-7-5-13(6-8-18)20-10-14(17)19/h2-4,13H,5-10H2,1H3,(H2,17,19). The lowest BCUT2D eigenvalue weighted by atomic mass is 10.1. The van der Waals surface area contributed by atoms with E-state index in [1.807, 2.05) is 0 Å². The molecule has 4 nitrogen and oxygen atoms in total. The number of carbonyl (C=O) groups excluding carboxylic acids is 1. The van der Waals surface area contributed by atoms with Gasteiger partial charge in [0.25, 0.3) is 0 Å².